The van der Waals surface area contributed by atoms with Crippen LogP contribution >= 0.6 is 11.8 Å². The number of sulfonamides is 1. The van der Waals surface area contributed by atoms with Crippen LogP contribution in [0.3, 0.4) is 0 Å². The highest BCUT2D eigenvalue weighted by Gasteiger charge is 2.30. The average molecular weight is 442 g/mol. The molecule has 5 nitrogen and oxygen atoms in total. The van der Waals surface area contributed by atoms with Crippen LogP contribution in [-0.4, -0.2) is 44.8 Å². The second-order valence-corrected chi connectivity index (χ2v) is 10.1. The highest BCUT2D eigenvalue weighted by Crippen LogP contribution is 2.38. The van der Waals surface area contributed by atoms with Crippen molar-refractivity contribution >= 4 is 21.8 Å². The van der Waals surface area contributed by atoms with E-state index in [1.54, 1.807) is 6.07 Å². The molecule has 0 bridgehead atoms. The Morgan fingerprint density at radius 1 is 1.00 bits per heavy atom. The molecular weight excluding hydrogens is 420 g/mol. The van der Waals surface area contributed by atoms with E-state index in [9.17, 15) is 17.2 Å². The topological polar surface area (TPSA) is 55.8 Å². The normalized spacial score (nSPS) is 20.7. The molecule has 0 radical (unpaired) electrons. The van der Waals surface area contributed by atoms with Crippen molar-refractivity contribution in [2.24, 2.45) is 0 Å². The first-order valence-corrected chi connectivity index (χ1v) is 11.9. The van der Waals surface area contributed by atoms with E-state index < -0.39 is 21.7 Å². The van der Waals surface area contributed by atoms with Crippen molar-refractivity contribution in [2.45, 2.75) is 23.0 Å². The summed E-state index contributed by atoms with van der Waals surface area (Å²) in [4.78, 5) is 0.141. The third-order valence-electron chi connectivity index (χ3n) is 4.96. The number of ether oxygens (including phenoxy) is 2. The number of thioether (sulfide) groups is 1. The maximum atomic E-state index is 14.1. The van der Waals surface area contributed by atoms with Crippen molar-refractivity contribution in [3.8, 4) is 11.5 Å². The smallest absolute Gasteiger partial charge is 0.243 e. The molecule has 2 aromatic carbocycles. The molecule has 29 heavy (non-hydrogen) atoms. The zero-order valence-corrected chi connectivity index (χ0v) is 17.3. The Bertz CT molecular complexity index is 1000. The Hall–Kier alpha value is -1.84. The average Bonchev–Trinajstić information content (AvgIpc) is 3.10. The highest BCUT2D eigenvalue weighted by molar-refractivity contribution is 7.99. The van der Waals surface area contributed by atoms with Crippen LogP contribution in [0.15, 0.2) is 41.3 Å². The second kappa shape index (κ2) is 8.49. The molecule has 1 fully saturated rings. The predicted molar refractivity (Wildman–Crippen MR) is 107 cm³/mol. The van der Waals surface area contributed by atoms with Crippen molar-refractivity contribution in [3.63, 3.8) is 0 Å². The van der Waals surface area contributed by atoms with Crippen LogP contribution in [0.25, 0.3) is 0 Å². The zero-order chi connectivity index (χ0) is 20.4. The molecule has 0 aromatic heterocycles. The van der Waals surface area contributed by atoms with Crippen LogP contribution < -0.4 is 9.47 Å². The Labute approximate surface area is 173 Å². The van der Waals surface area contributed by atoms with E-state index >= 15 is 0 Å². The maximum Gasteiger partial charge on any atom is 0.243 e. The largest absolute Gasteiger partial charge is 0.490 e. The third kappa shape index (κ3) is 4.36. The molecule has 2 aromatic rings. The number of rotatable bonds is 3. The fourth-order valence-corrected chi connectivity index (χ4v) is 6.28. The summed E-state index contributed by atoms with van der Waals surface area (Å²) in [6.45, 7) is 1.53. The lowest BCUT2D eigenvalue weighted by Crippen LogP contribution is -2.33. The van der Waals surface area contributed by atoms with Gasteiger partial charge in [0.05, 0.1) is 18.1 Å². The summed E-state index contributed by atoms with van der Waals surface area (Å²) in [6.07, 6.45) is 1.13. The molecule has 0 aliphatic carbocycles. The van der Waals surface area contributed by atoms with Gasteiger partial charge in [0.2, 0.25) is 10.0 Å². The predicted octanol–water partition coefficient (Wildman–Crippen LogP) is 4.00. The molecule has 4 rings (SSSR count). The van der Waals surface area contributed by atoms with Gasteiger partial charge in [0.15, 0.2) is 11.5 Å². The van der Waals surface area contributed by atoms with E-state index in [2.05, 4.69) is 0 Å². The fourth-order valence-electron chi connectivity index (χ4n) is 3.45. The molecule has 2 heterocycles. The highest BCUT2D eigenvalue weighted by atomic mass is 32.2. The molecule has 2 aliphatic heterocycles. The van der Waals surface area contributed by atoms with Gasteiger partial charge in [-0.15, -0.1) is 0 Å². The molecule has 0 amide bonds. The van der Waals surface area contributed by atoms with Gasteiger partial charge in [-0.3, -0.25) is 0 Å². The van der Waals surface area contributed by atoms with Crippen molar-refractivity contribution < 1.29 is 26.7 Å². The number of nitrogens with zero attached hydrogens (tertiary/aromatic N) is 1. The maximum absolute atomic E-state index is 14.1. The van der Waals surface area contributed by atoms with Gasteiger partial charge >= 0.3 is 0 Å². The summed E-state index contributed by atoms with van der Waals surface area (Å²) in [5, 5.41) is -0.297. The summed E-state index contributed by atoms with van der Waals surface area (Å²) in [7, 11) is -3.74. The van der Waals surface area contributed by atoms with E-state index in [0.29, 0.717) is 43.4 Å². The first-order chi connectivity index (χ1) is 13.9. The molecule has 0 spiro atoms. The Kier molecular flexibility index (Phi) is 5.98. The van der Waals surface area contributed by atoms with Gasteiger partial charge in [0.25, 0.3) is 0 Å². The van der Waals surface area contributed by atoms with Crippen molar-refractivity contribution in [1.29, 1.82) is 0 Å². The minimum atomic E-state index is -3.74. The first kappa shape index (κ1) is 20.4. The van der Waals surface area contributed by atoms with Gasteiger partial charge < -0.3 is 9.47 Å². The quantitative estimate of drug-likeness (QED) is 0.721. The number of benzene rings is 2. The van der Waals surface area contributed by atoms with Gasteiger partial charge in [-0.2, -0.15) is 16.1 Å². The van der Waals surface area contributed by atoms with Crippen molar-refractivity contribution in [2.75, 3.05) is 32.1 Å². The number of hydrogen-bond acceptors (Lipinski definition) is 5. The van der Waals surface area contributed by atoms with Crippen LogP contribution in [0, 0.1) is 11.6 Å². The van der Waals surface area contributed by atoms with E-state index in [4.69, 9.17) is 9.47 Å². The van der Waals surface area contributed by atoms with Crippen molar-refractivity contribution in [1.82, 2.24) is 4.31 Å². The van der Waals surface area contributed by atoms with Gasteiger partial charge in [-0.05, 0) is 36.8 Å². The van der Waals surface area contributed by atoms with E-state index in [1.807, 2.05) is 0 Å². The van der Waals surface area contributed by atoms with E-state index in [-0.39, 0.29) is 22.3 Å². The minimum absolute atomic E-state index is 0.141. The Morgan fingerprint density at radius 3 is 2.62 bits per heavy atom. The summed E-state index contributed by atoms with van der Waals surface area (Å²) in [5.74, 6) is 0.484. The van der Waals surface area contributed by atoms with Crippen LogP contribution in [0.1, 0.15) is 23.7 Å². The van der Waals surface area contributed by atoms with Crippen LogP contribution in [0.4, 0.5) is 8.78 Å². The molecule has 9 heteroatoms. The fraction of sp³-hybridized carbons (Fsp3) is 0.400. The minimum Gasteiger partial charge on any atom is -0.490 e. The molecular formula is C20H21F2NO4S2. The molecule has 0 N–H and O–H groups in total. The third-order valence-corrected chi connectivity index (χ3v) is 8.17. The Balaban J connectivity index is 1.54. The summed E-state index contributed by atoms with van der Waals surface area (Å²) in [5.41, 5.74) is 0.282. The number of halogens is 2. The monoisotopic (exact) mass is 441 g/mol. The summed E-state index contributed by atoms with van der Waals surface area (Å²) >= 11 is 1.44. The SMILES string of the molecule is O=S(=O)(c1ccc2c(c1)OCCCO2)N1CCSC(c2cc(F)ccc2F)CC1. The standard InChI is InChI=1S/C20H21F2NO4S2/c21-14-2-4-17(22)16(12-14)20-6-7-23(8-11-28-20)29(24,25)15-3-5-18-19(13-15)27-10-1-9-26-18/h2-5,12-13,20H,1,6-11H2. The van der Waals surface area contributed by atoms with Gasteiger partial charge in [0.1, 0.15) is 11.6 Å². The summed E-state index contributed by atoms with van der Waals surface area (Å²) in [6, 6.07) is 8.03. The molecule has 1 atom stereocenters. The molecule has 0 saturated carbocycles. The molecule has 2 aliphatic rings. The lowest BCUT2D eigenvalue weighted by atomic mass is 10.1. The lowest BCUT2D eigenvalue weighted by molar-refractivity contribution is 0.296. The Morgan fingerprint density at radius 2 is 1.79 bits per heavy atom. The summed E-state index contributed by atoms with van der Waals surface area (Å²) < 4.78 is 66.6. The lowest BCUT2D eigenvalue weighted by Gasteiger charge is -2.21. The van der Waals surface area contributed by atoms with E-state index in [1.165, 1.54) is 34.3 Å². The number of hydrogen-bond donors (Lipinski definition) is 0. The van der Waals surface area contributed by atoms with Gasteiger partial charge in [-0.25, -0.2) is 17.2 Å². The number of fused-ring (bicyclic) bond motifs is 1. The molecule has 1 unspecified atom stereocenters. The van der Waals surface area contributed by atoms with E-state index in [0.717, 1.165) is 18.6 Å². The van der Waals surface area contributed by atoms with Gasteiger partial charge in [-0.1, -0.05) is 0 Å². The van der Waals surface area contributed by atoms with Crippen LogP contribution in [0.2, 0.25) is 0 Å². The second-order valence-electron chi connectivity index (χ2n) is 6.88. The van der Waals surface area contributed by atoms with Crippen LogP contribution in [-0.2, 0) is 10.0 Å². The van der Waals surface area contributed by atoms with Crippen molar-refractivity contribution in [3.05, 3.63) is 53.6 Å². The molecule has 156 valence electrons. The van der Waals surface area contributed by atoms with Gasteiger partial charge in [0, 0.05) is 42.1 Å². The first-order valence-electron chi connectivity index (χ1n) is 9.41. The van der Waals surface area contributed by atoms with Crippen LogP contribution in [0.5, 0.6) is 11.5 Å². The molecule has 1 saturated heterocycles. The zero-order valence-electron chi connectivity index (χ0n) is 15.6.